The number of carbonyl (C=O) groups is 1. The Morgan fingerprint density at radius 3 is 2.70 bits per heavy atom. The second-order valence-electron chi connectivity index (χ2n) is 5.35. The van der Waals surface area contributed by atoms with Crippen LogP contribution in [-0.2, 0) is 6.54 Å². The molecular formula is C17H17NO2. The third-order valence-corrected chi connectivity index (χ3v) is 3.86. The van der Waals surface area contributed by atoms with Gasteiger partial charge in [-0.05, 0) is 23.3 Å². The van der Waals surface area contributed by atoms with Crippen LogP contribution in [0.3, 0.4) is 0 Å². The van der Waals surface area contributed by atoms with Gasteiger partial charge in [0.15, 0.2) is 0 Å². The molecule has 1 heterocycles. The van der Waals surface area contributed by atoms with Gasteiger partial charge in [-0.3, -0.25) is 0 Å². The van der Waals surface area contributed by atoms with E-state index < -0.39 is 5.97 Å². The lowest BCUT2D eigenvalue weighted by atomic mass is 10.0. The number of carboxylic acids is 1. The van der Waals surface area contributed by atoms with Gasteiger partial charge in [-0.15, -0.1) is 0 Å². The summed E-state index contributed by atoms with van der Waals surface area (Å²) in [5.74, 6) is -0.427. The van der Waals surface area contributed by atoms with Crippen molar-refractivity contribution in [2.24, 2.45) is 0 Å². The van der Waals surface area contributed by atoms with E-state index in [9.17, 15) is 4.79 Å². The highest BCUT2D eigenvalue weighted by molar-refractivity contribution is 5.89. The second-order valence-corrected chi connectivity index (χ2v) is 5.35. The molecule has 0 fully saturated rings. The third kappa shape index (κ3) is 2.27. The van der Waals surface area contributed by atoms with E-state index in [4.69, 9.17) is 5.11 Å². The lowest BCUT2D eigenvalue weighted by Gasteiger charge is -2.20. The van der Waals surface area contributed by atoms with Gasteiger partial charge >= 0.3 is 5.97 Å². The minimum atomic E-state index is -0.869. The number of hydrogen-bond donors (Lipinski definition) is 1. The van der Waals surface area contributed by atoms with Gasteiger partial charge in [0, 0.05) is 24.7 Å². The molecule has 1 N–H and O–H groups in total. The van der Waals surface area contributed by atoms with Crippen molar-refractivity contribution >= 4 is 11.7 Å². The molecule has 0 aromatic heterocycles. The van der Waals surface area contributed by atoms with E-state index in [1.54, 1.807) is 12.1 Å². The summed E-state index contributed by atoms with van der Waals surface area (Å²) in [5, 5.41) is 9.14. The summed E-state index contributed by atoms with van der Waals surface area (Å²) in [4.78, 5) is 13.4. The number of nitrogens with zero attached hydrogens (tertiary/aromatic N) is 1. The number of rotatable bonds is 3. The van der Waals surface area contributed by atoms with E-state index in [2.05, 4.69) is 24.0 Å². The molecule has 0 amide bonds. The maximum Gasteiger partial charge on any atom is 0.335 e. The molecule has 0 saturated heterocycles. The van der Waals surface area contributed by atoms with Crippen LogP contribution in [-0.4, -0.2) is 17.6 Å². The Balaban J connectivity index is 1.93. The summed E-state index contributed by atoms with van der Waals surface area (Å²) in [7, 11) is 0. The lowest BCUT2D eigenvalue weighted by molar-refractivity contribution is 0.0697. The van der Waals surface area contributed by atoms with Gasteiger partial charge in [-0.1, -0.05) is 43.3 Å². The highest BCUT2D eigenvalue weighted by Crippen LogP contribution is 2.37. The van der Waals surface area contributed by atoms with E-state index in [0.29, 0.717) is 11.5 Å². The van der Waals surface area contributed by atoms with Gasteiger partial charge in [0.1, 0.15) is 0 Å². The van der Waals surface area contributed by atoms with Crippen molar-refractivity contribution in [1.29, 1.82) is 0 Å². The summed E-state index contributed by atoms with van der Waals surface area (Å²) in [6.45, 7) is 3.94. The summed E-state index contributed by atoms with van der Waals surface area (Å²) >= 11 is 0. The molecule has 2 aromatic rings. The van der Waals surface area contributed by atoms with Gasteiger partial charge in [-0.25, -0.2) is 4.79 Å². The topological polar surface area (TPSA) is 40.5 Å². The van der Waals surface area contributed by atoms with E-state index >= 15 is 0 Å². The van der Waals surface area contributed by atoms with Crippen molar-refractivity contribution in [3.63, 3.8) is 0 Å². The Labute approximate surface area is 118 Å². The molecule has 20 heavy (non-hydrogen) atoms. The van der Waals surface area contributed by atoms with E-state index in [-0.39, 0.29) is 0 Å². The van der Waals surface area contributed by atoms with Gasteiger partial charge < -0.3 is 10.0 Å². The molecule has 2 aromatic carbocycles. The van der Waals surface area contributed by atoms with Gasteiger partial charge in [0.25, 0.3) is 0 Å². The van der Waals surface area contributed by atoms with Crippen LogP contribution >= 0.6 is 0 Å². The fourth-order valence-electron chi connectivity index (χ4n) is 2.85. The Bertz CT molecular complexity index is 637. The summed E-state index contributed by atoms with van der Waals surface area (Å²) in [6.07, 6.45) is 0. The molecule has 0 bridgehead atoms. The molecule has 0 radical (unpaired) electrons. The number of benzene rings is 2. The van der Waals surface area contributed by atoms with Gasteiger partial charge in [-0.2, -0.15) is 0 Å². The van der Waals surface area contributed by atoms with Crippen LogP contribution in [0.1, 0.15) is 34.3 Å². The monoisotopic (exact) mass is 267 g/mol. The normalized spacial score (nSPS) is 17.1. The zero-order chi connectivity index (χ0) is 14.1. The number of anilines is 1. The summed E-state index contributed by atoms with van der Waals surface area (Å²) in [6, 6.07) is 15.7. The first-order chi connectivity index (χ1) is 9.65. The van der Waals surface area contributed by atoms with Gasteiger partial charge in [0.2, 0.25) is 0 Å². The molecule has 1 aliphatic rings. The zero-order valence-electron chi connectivity index (χ0n) is 11.4. The van der Waals surface area contributed by atoms with Crippen molar-refractivity contribution in [2.45, 2.75) is 19.4 Å². The molecule has 102 valence electrons. The number of aromatic carboxylic acids is 1. The molecule has 3 nitrogen and oxygen atoms in total. The number of carboxylic acid groups (broad SMARTS) is 1. The quantitative estimate of drug-likeness (QED) is 0.925. The molecular weight excluding hydrogens is 250 g/mol. The Morgan fingerprint density at radius 1 is 1.25 bits per heavy atom. The molecule has 0 spiro atoms. The predicted molar refractivity (Wildman–Crippen MR) is 79.3 cm³/mol. The maximum atomic E-state index is 11.1. The second kappa shape index (κ2) is 5.00. The largest absolute Gasteiger partial charge is 0.478 e. The highest BCUT2D eigenvalue weighted by Gasteiger charge is 2.26. The van der Waals surface area contributed by atoms with Crippen molar-refractivity contribution in [1.82, 2.24) is 0 Å². The average molecular weight is 267 g/mol. The fraction of sp³-hybridized carbons (Fsp3) is 0.235. The zero-order valence-corrected chi connectivity index (χ0v) is 11.4. The highest BCUT2D eigenvalue weighted by atomic mass is 16.4. The van der Waals surface area contributed by atoms with Crippen LogP contribution < -0.4 is 4.90 Å². The smallest absolute Gasteiger partial charge is 0.335 e. The first-order valence-electron chi connectivity index (χ1n) is 6.81. The van der Waals surface area contributed by atoms with Crippen molar-refractivity contribution in [2.75, 3.05) is 11.4 Å². The SMILES string of the molecule is CC1CN(Cc2ccccc2)c2cc(C(=O)O)ccc21. The molecule has 1 atom stereocenters. The fourth-order valence-corrected chi connectivity index (χ4v) is 2.85. The van der Waals surface area contributed by atoms with Crippen LogP contribution in [0.5, 0.6) is 0 Å². The average Bonchev–Trinajstić information content (AvgIpc) is 2.76. The van der Waals surface area contributed by atoms with Crippen molar-refractivity contribution in [3.05, 3.63) is 65.2 Å². The third-order valence-electron chi connectivity index (χ3n) is 3.86. The molecule has 1 aliphatic heterocycles. The molecule has 0 aliphatic carbocycles. The number of fused-ring (bicyclic) bond motifs is 1. The van der Waals surface area contributed by atoms with E-state index in [0.717, 1.165) is 18.8 Å². The van der Waals surface area contributed by atoms with Crippen LogP contribution in [0.25, 0.3) is 0 Å². The maximum absolute atomic E-state index is 11.1. The van der Waals surface area contributed by atoms with Crippen LogP contribution in [0.15, 0.2) is 48.5 Å². The Kier molecular flexibility index (Phi) is 3.18. The summed E-state index contributed by atoms with van der Waals surface area (Å²) < 4.78 is 0. The molecule has 3 heteroatoms. The molecule has 3 rings (SSSR count). The first kappa shape index (κ1) is 12.7. The van der Waals surface area contributed by atoms with E-state index in [1.165, 1.54) is 11.1 Å². The first-order valence-corrected chi connectivity index (χ1v) is 6.81. The molecule has 0 saturated carbocycles. The van der Waals surface area contributed by atoms with Crippen molar-refractivity contribution in [3.8, 4) is 0 Å². The Morgan fingerprint density at radius 2 is 2.00 bits per heavy atom. The lowest BCUT2D eigenvalue weighted by Crippen LogP contribution is -2.20. The minimum Gasteiger partial charge on any atom is -0.478 e. The number of hydrogen-bond acceptors (Lipinski definition) is 2. The molecule has 1 unspecified atom stereocenters. The standard InChI is InChI=1S/C17H17NO2/c1-12-10-18(11-13-5-3-2-4-6-13)16-9-14(17(19)20)7-8-15(12)16/h2-9,12H,10-11H2,1H3,(H,19,20). The summed E-state index contributed by atoms with van der Waals surface area (Å²) in [5.41, 5.74) is 3.90. The van der Waals surface area contributed by atoms with Gasteiger partial charge in [0.05, 0.1) is 5.56 Å². The van der Waals surface area contributed by atoms with Crippen LogP contribution in [0.4, 0.5) is 5.69 Å². The van der Waals surface area contributed by atoms with Crippen LogP contribution in [0, 0.1) is 0 Å². The van der Waals surface area contributed by atoms with E-state index in [1.807, 2.05) is 24.3 Å². The Hall–Kier alpha value is -2.29. The van der Waals surface area contributed by atoms with Crippen molar-refractivity contribution < 1.29 is 9.90 Å². The minimum absolute atomic E-state index is 0.357. The van der Waals surface area contributed by atoms with Crippen LogP contribution in [0.2, 0.25) is 0 Å². The predicted octanol–water partition coefficient (Wildman–Crippen LogP) is 3.51.